The number of hydrogen-bond donors (Lipinski definition) is 1. The quantitative estimate of drug-likeness (QED) is 0.894. The predicted molar refractivity (Wildman–Crippen MR) is 69.1 cm³/mol. The summed E-state index contributed by atoms with van der Waals surface area (Å²) in [5.74, 6) is 0.501. The standard InChI is InChI=1S/C14H15N3O/c1-10-3-5-12(6-4-10)7-17-14(18)13-8-15-11(2)16-9-13/h3-6,8-9H,7H2,1-2H3,(H,17,18). The molecule has 92 valence electrons. The number of nitrogens with one attached hydrogen (secondary N) is 1. The molecule has 1 aromatic heterocycles. The number of aromatic nitrogens is 2. The lowest BCUT2D eigenvalue weighted by Crippen LogP contribution is -2.23. The van der Waals surface area contributed by atoms with Gasteiger partial charge in [0, 0.05) is 18.9 Å². The minimum absolute atomic E-state index is 0.157. The second-order valence-electron chi connectivity index (χ2n) is 4.19. The first-order chi connectivity index (χ1) is 8.65. The Morgan fingerprint density at radius 1 is 1.11 bits per heavy atom. The van der Waals surface area contributed by atoms with Gasteiger partial charge in [-0.05, 0) is 19.4 Å². The van der Waals surface area contributed by atoms with Crippen LogP contribution in [0.25, 0.3) is 0 Å². The molecule has 0 aliphatic carbocycles. The fraction of sp³-hybridized carbons (Fsp3) is 0.214. The highest BCUT2D eigenvalue weighted by molar-refractivity contribution is 5.93. The van der Waals surface area contributed by atoms with E-state index < -0.39 is 0 Å². The van der Waals surface area contributed by atoms with E-state index in [1.54, 1.807) is 6.92 Å². The lowest BCUT2D eigenvalue weighted by Gasteiger charge is -2.05. The molecule has 1 aromatic carbocycles. The Labute approximate surface area is 106 Å². The highest BCUT2D eigenvalue weighted by Gasteiger charge is 2.05. The number of nitrogens with zero attached hydrogens (tertiary/aromatic N) is 2. The monoisotopic (exact) mass is 241 g/mol. The SMILES string of the molecule is Cc1ccc(CNC(=O)c2cnc(C)nc2)cc1. The molecule has 18 heavy (non-hydrogen) atoms. The van der Waals surface area contributed by atoms with Crippen LogP contribution in [0.15, 0.2) is 36.7 Å². The van der Waals surface area contributed by atoms with Crippen molar-refractivity contribution in [2.24, 2.45) is 0 Å². The topological polar surface area (TPSA) is 54.9 Å². The van der Waals surface area contributed by atoms with Gasteiger partial charge < -0.3 is 5.32 Å². The molecule has 0 saturated heterocycles. The number of benzene rings is 1. The number of rotatable bonds is 3. The smallest absolute Gasteiger partial charge is 0.254 e. The summed E-state index contributed by atoms with van der Waals surface area (Å²) in [4.78, 5) is 19.8. The molecule has 0 aliphatic rings. The molecule has 2 rings (SSSR count). The zero-order chi connectivity index (χ0) is 13.0. The molecule has 1 N–H and O–H groups in total. The van der Waals surface area contributed by atoms with E-state index in [2.05, 4.69) is 15.3 Å². The van der Waals surface area contributed by atoms with Gasteiger partial charge in [0.2, 0.25) is 0 Å². The molecular formula is C14H15N3O. The third kappa shape index (κ3) is 3.13. The van der Waals surface area contributed by atoms with E-state index in [1.165, 1.54) is 18.0 Å². The molecule has 1 heterocycles. The highest BCUT2D eigenvalue weighted by atomic mass is 16.1. The molecule has 0 aliphatic heterocycles. The molecule has 4 heteroatoms. The molecule has 0 bridgehead atoms. The van der Waals surface area contributed by atoms with E-state index in [4.69, 9.17) is 0 Å². The Kier molecular flexibility index (Phi) is 3.67. The number of carbonyl (C=O) groups excluding carboxylic acids is 1. The van der Waals surface area contributed by atoms with E-state index in [1.807, 2.05) is 31.2 Å². The highest BCUT2D eigenvalue weighted by Crippen LogP contribution is 2.03. The Morgan fingerprint density at radius 2 is 1.72 bits per heavy atom. The molecule has 0 spiro atoms. The Morgan fingerprint density at radius 3 is 2.33 bits per heavy atom. The van der Waals surface area contributed by atoms with Gasteiger partial charge in [0.25, 0.3) is 5.91 Å². The third-order valence-electron chi connectivity index (χ3n) is 2.62. The molecular weight excluding hydrogens is 226 g/mol. The Hall–Kier alpha value is -2.23. The fourth-order valence-corrected chi connectivity index (χ4v) is 1.50. The molecule has 0 unspecified atom stereocenters. The zero-order valence-electron chi connectivity index (χ0n) is 10.5. The minimum atomic E-state index is -0.157. The molecule has 0 saturated carbocycles. The summed E-state index contributed by atoms with van der Waals surface area (Å²) in [7, 11) is 0. The summed E-state index contributed by atoms with van der Waals surface area (Å²) < 4.78 is 0. The van der Waals surface area contributed by atoms with Crippen molar-refractivity contribution >= 4 is 5.91 Å². The maximum atomic E-state index is 11.8. The van der Waals surface area contributed by atoms with E-state index in [0.717, 1.165) is 5.56 Å². The maximum Gasteiger partial charge on any atom is 0.254 e. The summed E-state index contributed by atoms with van der Waals surface area (Å²) in [6.07, 6.45) is 3.07. The van der Waals surface area contributed by atoms with Crippen LogP contribution >= 0.6 is 0 Å². The molecule has 0 radical (unpaired) electrons. The van der Waals surface area contributed by atoms with Crippen LogP contribution < -0.4 is 5.32 Å². The van der Waals surface area contributed by atoms with Crippen molar-refractivity contribution in [1.29, 1.82) is 0 Å². The van der Waals surface area contributed by atoms with Crippen LogP contribution in [-0.4, -0.2) is 15.9 Å². The maximum absolute atomic E-state index is 11.8. The van der Waals surface area contributed by atoms with Crippen LogP contribution in [0.3, 0.4) is 0 Å². The second-order valence-corrected chi connectivity index (χ2v) is 4.19. The van der Waals surface area contributed by atoms with Gasteiger partial charge in [0.15, 0.2) is 0 Å². The number of carbonyl (C=O) groups is 1. The first-order valence-electron chi connectivity index (χ1n) is 5.77. The third-order valence-corrected chi connectivity index (χ3v) is 2.62. The zero-order valence-corrected chi connectivity index (χ0v) is 10.5. The summed E-state index contributed by atoms with van der Waals surface area (Å²) in [6.45, 7) is 4.33. The molecule has 2 aromatic rings. The van der Waals surface area contributed by atoms with Gasteiger partial charge in [-0.25, -0.2) is 9.97 Å². The van der Waals surface area contributed by atoms with E-state index in [-0.39, 0.29) is 5.91 Å². The lowest BCUT2D eigenvalue weighted by atomic mass is 10.1. The van der Waals surface area contributed by atoms with E-state index in [9.17, 15) is 4.79 Å². The van der Waals surface area contributed by atoms with Gasteiger partial charge in [-0.3, -0.25) is 4.79 Å². The van der Waals surface area contributed by atoms with Gasteiger partial charge in [-0.15, -0.1) is 0 Å². The minimum Gasteiger partial charge on any atom is -0.348 e. The number of aryl methyl sites for hydroxylation is 2. The van der Waals surface area contributed by atoms with Crippen molar-refractivity contribution in [3.63, 3.8) is 0 Å². The lowest BCUT2D eigenvalue weighted by molar-refractivity contribution is 0.0950. The Bertz CT molecular complexity index is 532. The van der Waals surface area contributed by atoms with Crippen LogP contribution in [0.1, 0.15) is 27.3 Å². The van der Waals surface area contributed by atoms with E-state index in [0.29, 0.717) is 17.9 Å². The molecule has 0 fully saturated rings. The van der Waals surface area contributed by atoms with Crippen LogP contribution in [-0.2, 0) is 6.54 Å². The summed E-state index contributed by atoms with van der Waals surface area (Å²) in [6, 6.07) is 8.05. The first-order valence-corrected chi connectivity index (χ1v) is 5.77. The predicted octanol–water partition coefficient (Wildman–Crippen LogP) is 2.02. The fourth-order valence-electron chi connectivity index (χ4n) is 1.50. The van der Waals surface area contributed by atoms with Crippen molar-refractivity contribution in [3.05, 3.63) is 59.2 Å². The van der Waals surface area contributed by atoms with Gasteiger partial charge in [-0.2, -0.15) is 0 Å². The van der Waals surface area contributed by atoms with Crippen molar-refractivity contribution < 1.29 is 4.79 Å². The molecule has 1 amide bonds. The largest absolute Gasteiger partial charge is 0.348 e. The Balaban J connectivity index is 1.96. The van der Waals surface area contributed by atoms with Gasteiger partial charge in [-0.1, -0.05) is 29.8 Å². The van der Waals surface area contributed by atoms with Crippen molar-refractivity contribution in [1.82, 2.24) is 15.3 Å². The summed E-state index contributed by atoms with van der Waals surface area (Å²) in [5.41, 5.74) is 2.76. The van der Waals surface area contributed by atoms with Crippen molar-refractivity contribution in [2.75, 3.05) is 0 Å². The molecule has 0 atom stereocenters. The summed E-state index contributed by atoms with van der Waals surface area (Å²) >= 11 is 0. The average Bonchev–Trinajstić information content (AvgIpc) is 2.38. The van der Waals surface area contributed by atoms with Gasteiger partial charge in [0.1, 0.15) is 5.82 Å². The molecule has 4 nitrogen and oxygen atoms in total. The van der Waals surface area contributed by atoms with Gasteiger partial charge >= 0.3 is 0 Å². The first kappa shape index (κ1) is 12.2. The normalized spacial score (nSPS) is 10.1. The van der Waals surface area contributed by atoms with Crippen LogP contribution in [0, 0.1) is 13.8 Å². The van der Waals surface area contributed by atoms with Crippen LogP contribution in [0.5, 0.6) is 0 Å². The van der Waals surface area contributed by atoms with Crippen molar-refractivity contribution in [3.8, 4) is 0 Å². The summed E-state index contributed by atoms with van der Waals surface area (Å²) in [5, 5.41) is 2.84. The number of amides is 1. The second kappa shape index (κ2) is 5.40. The van der Waals surface area contributed by atoms with Crippen molar-refractivity contribution in [2.45, 2.75) is 20.4 Å². The average molecular weight is 241 g/mol. The number of hydrogen-bond acceptors (Lipinski definition) is 3. The van der Waals surface area contributed by atoms with Gasteiger partial charge in [0.05, 0.1) is 5.56 Å². The van der Waals surface area contributed by atoms with Crippen LogP contribution in [0.2, 0.25) is 0 Å². The van der Waals surface area contributed by atoms with E-state index >= 15 is 0 Å². The van der Waals surface area contributed by atoms with Crippen LogP contribution in [0.4, 0.5) is 0 Å².